The zero-order valence-electron chi connectivity index (χ0n) is 10.8. The van der Waals surface area contributed by atoms with E-state index in [9.17, 15) is 13.2 Å². The van der Waals surface area contributed by atoms with Crippen molar-refractivity contribution in [2.75, 3.05) is 0 Å². The van der Waals surface area contributed by atoms with Crippen LogP contribution in [0.5, 0.6) is 11.5 Å². The number of alkyl halides is 3. The molecule has 0 saturated carbocycles. The van der Waals surface area contributed by atoms with Crippen LogP contribution in [0.25, 0.3) is 0 Å². The van der Waals surface area contributed by atoms with E-state index in [2.05, 4.69) is 15.9 Å². The molecule has 6 heteroatoms. The molecule has 0 fully saturated rings. The summed E-state index contributed by atoms with van der Waals surface area (Å²) in [4.78, 5) is 0. The maximum Gasteiger partial charge on any atom is 0.417 e. The van der Waals surface area contributed by atoms with Gasteiger partial charge in [0.25, 0.3) is 0 Å². The minimum Gasteiger partial charge on any atom is -0.457 e. The molecule has 0 amide bonds. The Hall–Kier alpha value is -2.00. The molecule has 0 aromatic heterocycles. The third kappa shape index (κ3) is 3.56. The van der Waals surface area contributed by atoms with E-state index in [0.717, 1.165) is 22.2 Å². The summed E-state index contributed by atoms with van der Waals surface area (Å²) in [6.07, 6.45) is -4.56. The molecule has 0 atom stereocenters. The molecule has 0 aliphatic carbocycles. The summed E-state index contributed by atoms with van der Waals surface area (Å²) in [5.74, 6) is 0.689. The van der Waals surface area contributed by atoms with Gasteiger partial charge in [-0.25, -0.2) is 0 Å². The molecular weight excluding hydrogens is 347 g/mol. The van der Waals surface area contributed by atoms with Crippen LogP contribution in [0.15, 0.2) is 40.9 Å². The lowest BCUT2D eigenvalue weighted by Gasteiger charge is -2.12. The Morgan fingerprint density at radius 1 is 1.14 bits per heavy atom. The number of rotatable bonds is 2. The lowest BCUT2D eigenvalue weighted by molar-refractivity contribution is -0.137. The van der Waals surface area contributed by atoms with Gasteiger partial charge >= 0.3 is 6.18 Å². The van der Waals surface area contributed by atoms with Gasteiger partial charge in [-0.1, -0.05) is 22.0 Å². The number of hydrogen-bond donors (Lipinski definition) is 0. The molecule has 2 nitrogen and oxygen atoms in total. The van der Waals surface area contributed by atoms with Crippen LogP contribution in [-0.2, 0) is 6.18 Å². The van der Waals surface area contributed by atoms with Gasteiger partial charge in [-0.15, -0.1) is 0 Å². The molecule has 0 radical (unpaired) electrons. The Kier molecular flexibility index (Phi) is 4.24. The second-order valence-corrected chi connectivity index (χ2v) is 5.24. The third-order valence-electron chi connectivity index (χ3n) is 2.79. The monoisotopic (exact) mass is 355 g/mol. The molecule has 0 aliphatic heterocycles. The second-order valence-electron chi connectivity index (χ2n) is 4.33. The quantitative estimate of drug-likeness (QED) is 0.718. The second kappa shape index (κ2) is 5.78. The lowest BCUT2D eigenvalue weighted by Crippen LogP contribution is -2.07. The molecule has 21 heavy (non-hydrogen) atoms. The van der Waals surface area contributed by atoms with Crippen molar-refractivity contribution >= 4 is 15.9 Å². The zero-order chi connectivity index (χ0) is 15.6. The highest BCUT2D eigenvalue weighted by Crippen LogP contribution is 2.35. The lowest BCUT2D eigenvalue weighted by atomic mass is 10.1. The molecule has 0 spiro atoms. The molecule has 2 rings (SSSR count). The summed E-state index contributed by atoms with van der Waals surface area (Å²) in [5.41, 5.74) is -0.604. The Morgan fingerprint density at radius 2 is 1.86 bits per heavy atom. The molecule has 0 bridgehead atoms. The smallest absolute Gasteiger partial charge is 0.417 e. The number of ether oxygens (including phenoxy) is 1. The predicted molar refractivity (Wildman–Crippen MR) is 75.1 cm³/mol. The Balaban J connectivity index is 2.39. The maximum absolute atomic E-state index is 12.7. The standard InChI is InChI=1S/C15H9BrF3NO/c1-9-2-3-11(16)7-14(9)21-12-4-5-13(15(17,18)19)10(6-12)8-20/h2-7H,1H3. The van der Waals surface area contributed by atoms with Gasteiger partial charge in [-0.2, -0.15) is 18.4 Å². The van der Waals surface area contributed by atoms with Gasteiger partial charge < -0.3 is 4.74 Å². The molecule has 0 saturated heterocycles. The van der Waals surface area contributed by atoms with E-state index in [4.69, 9.17) is 10.00 Å². The number of aryl methyl sites for hydroxylation is 1. The van der Waals surface area contributed by atoms with Crippen LogP contribution in [0.2, 0.25) is 0 Å². The first-order valence-electron chi connectivity index (χ1n) is 5.86. The van der Waals surface area contributed by atoms with Gasteiger partial charge in [0.15, 0.2) is 0 Å². The molecule has 108 valence electrons. The van der Waals surface area contributed by atoms with E-state index in [-0.39, 0.29) is 5.75 Å². The molecule has 0 N–H and O–H groups in total. The van der Waals surface area contributed by atoms with Crippen molar-refractivity contribution in [3.05, 3.63) is 57.6 Å². The Labute approximate surface area is 127 Å². The molecule has 0 aliphatic rings. The summed E-state index contributed by atoms with van der Waals surface area (Å²) in [6.45, 7) is 1.82. The van der Waals surface area contributed by atoms with Crippen LogP contribution in [0.1, 0.15) is 16.7 Å². The summed E-state index contributed by atoms with van der Waals surface area (Å²) in [5, 5.41) is 8.86. The van der Waals surface area contributed by atoms with Crippen molar-refractivity contribution in [3.8, 4) is 17.6 Å². The first-order chi connectivity index (χ1) is 9.81. The topological polar surface area (TPSA) is 33.0 Å². The molecule has 2 aromatic rings. The SMILES string of the molecule is Cc1ccc(Br)cc1Oc1ccc(C(F)(F)F)c(C#N)c1. The van der Waals surface area contributed by atoms with Gasteiger partial charge in [0.1, 0.15) is 11.5 Å². The highest BCUT2D eigenvalue weighted by Gasteiger charge is 2.33. The fraction of sp³-hybridized carbons (Fsp3) is 0.133. The van der Waals surface area contributed by atoms with Crippen molar-refractivity contribution in [1.29, 1.82) is 5.26 Å². The predicted octanol–water partition coefficient (Wildman–Crippen LogP) is 5.44. The van der Waals surface area contributed by atoms with Crippen molar-refractivity contribution in [2.45, 2.75) is 13.1 Å². The van der Waals surface area contributed by atoms with Gasteiger partial charge in [0.05, 0.1) is 17.2 Å². The minimum atomic E-state index is -4.56. The van der Waals surface area contributed by atoms with E-state index in [1.165, 1.54) is 6.07 Å². The number of hydrogen-bond acceptors (Lipinski definition) is 2. The van der Waals surface area contributed by atoms with Gasteiger partial charge in [-0.3, -0.25) is 0 Å². The number of nitriles is 1. The van der Waals surface area contributed by atoms with Crippen LogP contribution in [0, 0.1) is 18.3 Å². The first-order valence-corrected chi connectivity index (χ1v) is 6.66. The normalized spacial score (nSPS) is 11.0. The Bertz CT molecular complexity index is 720. The summed E-state index contributed by atoms with van der Waals surface area (Å²) in [6, 6.07) is 10.0. The van der Waals surface area contributed by atoms with Gasteiger partial charge in [0, 0.05) is 4.47 Å². The largest absolute Gasteiger partial charge is 0.457 e. The van der Waals surface area contributed by atoms with Crippen LogP contribution < -0.4 is 4.74 Å². The van der Waals surface area contributed by atoms with E-state index in [1.807, 2.05) is 19.1 Å². The van der Waals surface area contributed by atoms with E-state index < -0.39 is 17.3 Å². The number of benzene rings is 2. The number of halogens is 4. The van der Waals surface area contributed by atoms with Crippen molar-refractivity contribution < 1.29 is 17.9 Å². The van der Waals surface area contributed by atoms with Gasteiger partial charge in [-0.05, 0) is 42.8 Å². The molecule has 0 unspecified atom stereocenters. The van der Waals surface area contributed by atoms with Gasteiger partial charge in [0.2, 0.25) is 0 Å². The highest BCUT2D eigenvalue weighted by atomic mass is 79.9. The average molecular weight is 356 g/mol. The van der Waals surface area contributed by atoms with Crippen LogP contribution in [0.4, 0.5) is 13.2 Å². The zero-order valence-corrected chi connectivity index (χ0v) is 12.4. The average Bonchev–Trinajstić information content (AvgIpc) is 2.41. The third-order valence-corrected chi connectivity index (χ3v) is 3.29. The van der Waals surface area contributed by atoms with Crippen molar-refractivity contribution in [1.82, 2.24) is 0 Å². The summed E-state index contributed by atoms with van der Waals surface area (Å²) < 4.78 is 44.5. The number of nitrogens with zero attached hydrogens (tertiary/aromatic N) is 1. The van der Waals surface area contributed by atoms with E-state index in [1.54, 1.807) is 12.1 Å². The van der Waals surface area contributed by atoms with Crippen LogP contribution in [-0.4, -0.2) is 0 Å². The van der Waals surface area contributed by atoms with Crippen LogP contribution >= 0.6 is 15.9 Å². The first kappa shape index (κ1) is 15.4. The van der Waals surface area contributed by atoms with E-state index in [0.29, 0.717) is 5.75 Å². The van der Waals surface area contributed by atoms with E-state index >= 15 is 0 Å². The fourth-order valence-corrected chi connectivity index (χ4v) is 2.08. The highest BCUT2D eigenvalue weighted by molar-refractivity contribution is 9.10. The summed E-state index contributed by atoms with van der Waals surface area (Å²) in [7, 11) is 0. The van der Waals surface area contributed by atoms with Crippen molar-refractivity contribution in [3.63, 3.8) is 0 Å². The Morgan fingerprint density at radius 3 is 2.48 bits per heavy atom. The molecule has 0 heterocycles. The summed E-state index contributed by atoms with van der Waals surface area (Å²) >= 11 is 3.29. The maximum atomic E-state index is 12.7. The van der Waals surface area contributed by atoms with Crippen molar-refractivity contribution in [2.24, 2.45) is 0 Å². The fourth-order valence-electron chi connectivity index (χ4n) is 1.74. The minimum absolute atomic E-state index is 0.181. The van der Waals surface area contributed by atoms with Crippen LogP contribution in [0.3, 0.4) is 0 Å². The molecule has 2 aromatic carbocycles. The molecular formula is C15H9BrF3NO.